The fraction of sp³-hybridized carbons (Fsp3) is 0.923. The van der Waals surface area contributed by atoms with Crippen LogP contribution in [0.4, 0.5) is 0 Å². The van der Waals surface area contributed by atoms with E-state index in [4.69, 9.17) is 10.5 Å². The monoisotopic (exact) mass is 255 g/mol. The number of rotatable bonds is 5. The van der Waals surface area contributed by atoms with Gasteiger partial charge >= 0.3 is 0 Å². The van der Waals surface area contributed by atoms with Gasteiger partial charge in [0.25, 0.3) is 0 Å². The Morgan fingerprint density at radius 2 is 2.11 bits per heavy atom. The largest absolute Gasteiger partial charge is 0.378 e. The number of carbonyl (C=O) groups is 1. The molecular weight excluding hydrogens is 230 g/mol. The number of carbonyl (C=O) groups excluding carboxylic acids is 1. The smallest absolute Gasteiger partial charge is 0.224 e. The van der Waals surface area contributed by atoms with Crippen LogP contribution in [0.25, 0.3) is 0 Å². The maximum Gasteiger partial charge on any atom is 0.224 e. The first-order valence-electron chi connectivity index (χ1n) is 7.10. The van der Waals surface area contributed by atoms with Gasteiger partial charge in [0.15, 0.2) is 0 Å². The lowest BCUT2D eigenvalue weighted by atomic mass is 10.0. The summed E-state index contributed by atoms with van der Waals surface area (Å²) in [6, 6.07) is 0.521. The molecule has 3 N–H and O–H groups in total. The highest BCUT2D eigenvalue weighted by atomic mass is 16.5. The van der Waals surface area contributed by atoms with Gasteiger partial charge in [0.2, 0.25) is 5.91 Å². The van der Waals surface area contributed by atoms with Crippen LogP contribution in [-0.4, -0.2) is 56.2 Å². The SMILES string of the molecule is NCC1CCCC1NCCC(=O)N1CCOCC1. The number of nitrogens with two attached hydrogens (primary N) is 1. The Hall–Kier alpha value is -0.650. The minimum Gasteiger partial charge on any atom is -0.378 e. The predicted octanol–water partition coefficient (Wildman–Crippen LogP) is -0.0477. The van der Waals surface area contributed by atoms with Crippen molar-refractivity contribution in [1.29, 1.82) is 0 Å². The van der Waals surface area contributed by atoms with E-state index in [-0.39, 0.29) is 5.91 Å². The van der Waals surface area contributed by atoms with Crippen molar-refractivity contribution in [1.82, 2.24) is 10.2 Å². The first-order valence-corrected chi connectivity index (χ1v) is 7.10. The van der Waals surface area contributed by atoms with Crippen molar-refractivity contribution in [2.24, 2.45) is 11.7 Å². The van der Waals surface area contributed by atoms with Crippen LogP contribution < -0.4 is 11.1 Å². The zero-order valence-electron chi connectivity index (χ0n) is 11.1. The molecule has 1 aliphatic carbocycles. The summed E-state index contributed by atoms with van der Waals surface area (Å²) < 4.78 is 5.24. The van der Waals surface area contributed by atoms with Crippen LogP contribution >= 0.6 is 0 Å². The van der Waals surface area contributed by atoms with E-state index in [0.29, 0.717) is 31.6 Å². The first-order chi connectivity index (χ1) is 8.81. The molecule has 1 heterocycles. The number of nitrogens with zero attached hydrogens (tertiary/aromatic N) is 1. The summed E-state index contributed by atoms with van der Waals surface area (Å²) >= 11 is 0. The summed E-state index contributed by atoms with van der Waals surface area (Å²) in [5.41, 5.74) is 5.74. The van der Waals surface area contributed by atoms with Crippen molar-refractivity contribution in [2.75, 3.05) is 39.4 Å². The predicted molar refractivity (Wildman–Crippen MR) is 70.2 cm³/mol. The average molecular weight is 255 g/mol. The van der Waals surface area contributed by atoms with Gasteiger partial charge in [-0.1, -0.05) is 6.42 Å². The molecule has 0 aromatic rings. The lowest BCUT2D eigenvalue weighted by molar-refractivity contribution is -0.135. The Kier molecular flexibility index (Phi) is 5.41. The molecule has 1 saturated carbocycles. The van der Waals surface area contributed by atoms with Gasteiger partial charge in [-0.15, -0.1) is 0 Å². The molecule has 0 aromatic carbocycles. The van der Waals surface area contributed by atoms with E-state index in [0.717, 1.165) is 26.2 Å². The van der Waals surface area contributed by atoms with E-state index < -0.39 is 0 Å². The molecule has 5 heteroatoms. The molecular formula is C13H25N3O2. The van der Waals surface area contributed by atoms with Gasteiger partial charge in [0.05, 0.1) is 13.2 Å². The summed E-state index contributed by atoms with van der Waals surface area (Å²) in [6.45, 7) is 4.38. The molecule has 18 heavy (non-hydrogen) atoms. The van der Waals surface area contributed by atoms with Crippen molar-refractivity contribution in [3.63, 3.8) is 0 Å². The zero-order chi connectivity index (χ0) is 12.8. The van der Waals surface area contributed by atoms with E-state index in [1.165, 1.54) is 19.3 Å². The number of morpholine rings is 1. The van der Waals surface area contributed by atoms with E-state index in [1.54, 1.807) is 0 Å². The van der Waals surface area contributed by atoms with E-state index in [1.807, 2.05) is 4.90 Å². The Balaban J connectivity index is 1.63. The van der Waals surface area contributed by atoms with Gasteiger partial charge in [0.1, 0.15) is 0 Å². The molecule has 2 fully saturated rings. The van der Waals surface area contributed by atoms with Crippen LogP contribution in [0, 0.1) is 5.92 Å². The van der Waals surface area contributed by atoms with E-state index in [9.17, 15) is 4.79 Å². The molecule has 2 rings (SSSR count). The normalized spacial score (nSPS) is 28.6. The zero-order valence-corrected chi connectivity index (χ0v) is 11.1. The Morgan fingerprint density at radius 3 is 2.83 bits per heavy atom. The van der Waals surface area contributed by atoms with Crippen LogP contribution in [-0.2, 0) is 9.53 Å². The molecule has 2 aliphatic rings. The molecule has 1 aliphatic heterocycles. The second-order valence-corrected chi connectivity index (χ2v) is 5.23. The third-order valence-corrected chi connectivity index (χ3v) is 4.07. The topological polar surface area (TPSA) is 67.6 Å². The number of ether oxygens (including phenoxy) is 1. The molecule has 0 spiro atoms. The number of amides is 1. The van der Waals surface area contributed by atoms with E-state index >= 15 is 0 Å². The Morgan fingerprint density at radius 1 is 1.33 bits per heavy atom. The molecule has 1 amide bonds. The number of hydrogen-bond donors (Lipinski definition) is 2. The van der Waals surface area contributed by atoms with Gasteiger partial charge in [-0.3, -0.25) is 4.79 Å². The highest BCUT2D eigenvalue weighted by Gasteiger charge is 2.25. The molecule has 2 atom stereocenters. The van der Waals surface area contributed by atoms with Crippen LogP contribution in [0.3, 0.4) is 0 Å². The van der Waals surface area contributed by atoms with Crippen LogP contribution in [0.5, 0.6) is 0 Å². The number of hydrogen-bond acceptors (Lipinski definition) is 4. The summed E-state index contributed by atoms with van der Waals surface area (Å²) in [5, 5.41) is 3.49. The highest BCUT2D eigenvalue weighted by Crippen LogP contribution is 2.24. The van der Waals surface area contributed by atoms with Gasteiger partial charge < -0.3 is 20.7 Å². The van der Waals surface area contributed by atoms with Gasteiger partial charge in [-0.2, -0.15) is 0 Å². The molecule has 0 bridgehead atoms. The second kappa shape index (κ2) is 7.07. The maximum absolute atomic E-state index is 11.9. The molecule has 5 nitrogen and oxygen atoms in total. The molecule has 1 saturated heterocycles. The minimum atomic E-state index is 0.244. The third kappa shape index (κ3) is 3.67. The van der Waals surface area contributed by atoms with Crippen molar-refractivity contribution in [3.05, 3.63) is 0 Å². The molecule has 0 aromatic heterocycles. The van der Waals surface area contributed by atoms with Gasteiger partial charge in [-0.25, -0.2) is 0 Å². The Bertz CT molecular complexity index is 267. The fourth-order valence-corrected chi connectivity index (χ4v) is 2.92. The highest BCUT2D eigenvalue weighted by molar-refractivity contribution is 5.76. The second-order valence-electron chi connectivity index (χ2n) is 5.23. The van der Waals surface area contributed by atoms with Gasteiger partial charge in [-0.05, 0) is 25.3 Å². The third-order valence-electron chi connectivity index (χ3n) is 4.07. The lowest BCUT2D eigenvalue weighted by Gasteiger charge is -2.27. The minimum absolute atomic E-state index is 0.244. The van der Waals surface area contributed by atoms with Crippen molar-refractivity contribution in [3.8, 4) is 0 Å². The van der Waals surface area contributed by atoms with Gasteiger partial charge in [0, 0.05) is 32.1 Å². The Labute approximate surface area is 109 Å². The molecule has 104 valence electrons. The fourth-order valence-electron chi connectivity index (χ4n) is 2.92. The standard InChI is InChI=1S/C13H25N3O2/c14-10-11-2-1-3-12(11)15-5-4-13(17)16-6-8-18-9-7-16/h11-12,15H,1-10,14H2. The van der Waals surface area contributed by atoms with Crippen LogP contribution in [0.15, 0.2) is 0 Å². The summed E-state index contributed by atoms with van der Waals surface area (Å²) in [7, 11) is 0. The van der Waals surface area contributed by atoms with Crippen molar-refractivity contribution in [2.45, 2.75) is 31.7 Å². The lowest BCUT2D eigenvalue weighted by Crippen LogP contribution is -2.43. The number of nitrogens with one attached hydrogen (secondary N) is 1. The first kappa shape index (κ1) is 13.8. The summed E-state index contributed by atoms with van der Waals surface area (Å²) in [5.74, 6) is 0.844. The van der Waals surface area contributed by atoms with Crippen LogP contribution in [0.1, 0.15) is 25.7 Å². The van der Waals surface area contributed by atoms with Crippen molar-refractivity contribution < 1.29 is 9.53 Å². The quantitative estimate of drug-likeness (QED) is 0.723. The summed E-state index contributed by atoms with van der Waals surface area (Å²) in [4.78, 5) is 13.8. The molecule has 0 radical (unpaired) electrons. The van der Waals surface area contributed by atoms with Crippen LogP contribution in [0.2, 0.25) is 0 Å². The van der Waals surface area contributed by atoms with E-state index in [2.05, 4.69) is 5.32 Å². The summed E-state index contributed by atoms with van der Waals surface area (Å²) in [6.07, 6.45) is 4.28. The molecule has 2 unspecified atom stereocenters. The van der Waals surface area contributed by atoms with Crippen molar-refractivity contribution >= 4 is 5.91 Å². The maximum atomic E-state index is 11.9. The average Bonchev–Trinajstić information content (AvgIpc) is 2.87.